The van der Waals surface area contributed by atoms with Crippen molar-refractivity contribution in [3.63, 3.8) is 0 Å². The van der Waals surface area contributed by atoms with Gasteiger partial charge in [0.15, 0.2) is 0 Å². The minimum Gasteiger partial charge on any atom is -0.478 e. The summed E-state index contributed by atoms with van der Waals surface area (Å²) in [6.07, 6.45) is 3.33. The number of halogens is 1. The molecular weight excluding hydrogens is 298 g/mol. The molecule has 0 aromatic heterocycles. The fraction of sp³-hybridized carbons (Fsp3) is 0.429. The van der Waals surface area contributed by atoms with E-state index in [0.717, 1.165) is 30.8 Å². The second-order valence-corrected chi connectivity index (χ2v) is 6.13. The third-order valence-corrected chi connectivity index (χ3v) is 4.55. The topological polar surface area (TPSA) is 57.6 Å². The van der Waals surface area contributed by atoms with Gasteiger partial charge in [0.25, 0.3) is 0 Å². The van der Waals surface area contributed by atoms with E-state index >= 15 is 0 Å². The molecule has 108 valence electrons. The minimum absolute atomic E-state index is 0.0714. The van der Waals surface area contributed by atoms with Crippen LogP contribution in [0.4, 0.5) is 0 Å². The zero-order chi connectivity index (χ0) is 14.5. The number of carbonyl (C=O) groups is 2. The van der Waals surface area contributed by atoms with Gasteiger partial charge in [0.2, 0.25) is 5.91 Å². The van der Waals surface area contributed by atoms with Gasteiger partial charge in [0.1, 0.15) is 0 Å². The first-order valence-corrected chi connectivity index (χ1v) is 7.87. The molecule has 0 unspecified atom stereocenters. The molecule has 1 aromatic rings. The summed E-state index contributed by atoms with van der Waals surface area (Å²) in [4.78, 5) is 25.6. The highest BCUT2D eigenvalue weighted by Gasteiger charge is 2.17. The van der Waals surface area contributed by atoms with Crippen molar-refractivity contribution < 1.29 is 14.7 Å². The van der Waals surface area contributed by atoms with Gasteiger partial charge in [-0.3, -0.25) is 4.79 Å². The van der Waals surface area contributed by atoms with Gasteiger partial charge in [0.05, 0.1) is 16.3 Å². The lowest BCUT2D eigenvalue weighted by atomic mass is 10.1. The third kappa shape index (κ3) is 3.90. The number of carboxylic acid groups (broad SMARTS) is 1. The maximum Gasteiger partial charge on any atom is 0.337 e. The third-order valence-electron chi connectivity index (χ3n) is 3.24. The molecule has 0 radical (unpaired) electrons. The van der Waals surface area contributed by atoms with E-state index in [1.165, 1.54) is 24.2 Å². The molecule has 1 amide bonds. The van der Waals surface area contributed by atoms with Gasteiger partial charge < -0.3 is 10.0 Å². The number of carboxylic acids is 1. The molecule has 1 fully saturated rings. The number of rotatable bonds is 4. The van der Waals surface area contributed by atoms with Crippen molar-refractivity contribution in [2.75, 3.05) is 18.8 Å². The number of aromatic carboxylic acids is 1. The van der Waals surface area contributed by atoms with Crippen LogP contribution in [-0.4, -0.2) is 40.7 Å². The second kappa shape index (κ2) is 6.99. The Balaban J connectivity index is 1.95. The summed E-state index contributed by atoms with van der Waals surface area (Å²) in [5.41, 5.74) is 0.0714. The van der Waals surface area contributed by atoms with Gasteiger partial charge >= 0.3 is 5.97 Å². The number of piperidine rings is 1. The second-order valence-electron chi connectivity index (χ2n) is 4.68. The van der Waals surface area contributed by atoms with E-state index in [0.29, 0.717) is 5.75 Å². The van der Waals surface area contributed by atoms with Crippen LogP contribution in [0.3, 0.4) is 0 Å². The molecule has 2 rings (SSSR count). The number of benzene rings is 1. The summed E-state index contributed by atoms with van der Waals surface area (Å²) in [6.45, 7) is 1.67. The monoisotopic (exact) mass is 313 g/mol. The predicted octanol–water partition coefficient (Wildman–Crippen LogP) is 3.14. The number of likely N-dealkylation sites (tertiary alicyclic amines) is 1. The van der Waals surface area contributed by atoms with Crippen LogP contribution in [0.5, 0.6) is 0 Å². The lowest BCUT2D eigenvalue weighted by Crippen LogP contribution is -2.36. The Morgan fingerprint density at radius 1 is 1.25 bits per heavy atom. The van der Waals surface area contributed by atoms with Crippen molar-refractivity contribution in [1.29, 1.82) is 0 Å². The largest absolute Gasteiger partial charge is 0.478 e. The van der Waals surface area contributed by atoms with E-state index in [4.69, 9.17) is 16.7 Å². The Morgan fingerprint density at radius 2 is 1.95 bits per heavy atom. The standard InChI is InChI=1S/C14H16ClNO3S/c15-12-5-4-10(8-11(12)14(18)19)20-9-13(17)16-6-2-1-3-7-16/h4-5,8H,1-3,6-7,9H2,(H,18,19). The maximum absolute atomic E-state index is 12.0. The summed E-state index contributed by atoms with van der Waals surface area (Å²) in [6, 6.07) is 4.81. The SMILES string of the molecule is O=C(O)c1cc(SCC(=O)N2CCCCC2)ccc1Cl. The van der Waals surface area contributed by atoms with E-state index in [2.05, 4.69) is 0 Å². The van der Waals surface area contributed by atoms with E-state index in [1.807, 2.05) is 4.90 Å². The van der Waals surface area contributed by atoms with Crippen LogP contribution < -0.4 is 0 Å². The summed E-state index contributed by atoms with van der Waals surface area (Å²) < 4.78 is 0. The first kappa shape index (κ1) is 15.2. The van der Waals surface area contributed by atoms with E-state index in [-0.39, 0.29) is 16.5 Å². The van der Waals surface area contributed by atoms with E-state index < -0.39 is 5.97 Å². The van der Waals surface area contributed by atoms with Crippen LogP contribution >= 0.6 is 23.4 Å². The van der Waals surface area contributed by atoms with Gasteiger partial charge in [-0.15, -0.1) is 11.8 Å². The van der Waals surface area contributed by atoms with Gasteiger partial charge in [-0.25, -0.2) is 4.79 Å². The number of hydrogen-bond donors (Lipinski definition) is 1. The van der Waals surface area contributed by atoms with Crippen molar-refractivity contribution in [1.82, 2.24) is 4.90 Å². The number of amides is 1. The molecule has 0 spiro atoms. The molecule has 0 saturated carbocycles. The average Bonchev–Trinajstić information content (AvgIpc) is 2.46. The number of carbonyl (C=O) groups excluding carboxylic acids is 1. The van der Waals surface area contributed by atoms with Crippen molar-refractivity contribution in [3.8, 4) is 0 Å². The highest BCUT2D eigenvalue weighted by molar-refractivity contribution is 8.00. The highest BCUT2D eigenvalue weighted by Crippen LogP contribution is 2.25. The number of nitrogens with zero attached hydrogens (tertiary/aromatic N) is 1. The Bertz CT molecular complexity index is 515. The smallest absolute Gasteiger partial charge is 0.337 e. The summed E-state index contributed by atoms with van der Waals surface area (Å²) in [5.74, 6) is -0.609. The lowest BCUT2D eigenvalue weighted by molar-refractivity contribution is -0.129. The molecule has 1 aromatic carbocycles. The van der Waals surface area contributed by atoms with Crippen LogP contribution in [0.1, 0.15) is 29.6 Å². The lowest BCUT2D eigenvalue weighted by Gasteiger charge is -2.26. The van der Waals surface area contributed by atoms with Crippen molar-refractivity contribution >= 4 is 35.2 Å². The highest BCUT2D eigenvalue weighted by atomic mass is 35.5. The molecule has 20 heavy (non-hydrogen) atoms. The average molecular weight is 314 g/mol. The predicted molar refractivity (Wildman–Crippen MR) is 79.6 cm³/mol. The molecule has 6 heteroatoms. The molecule has 1 heterocycles. The molecule has 0 atom stereocenters. The molecule has 1 aliphatic heterocycles. The molecule has 4 nitrogen and oxygen atoms in total. The zero-order valence-electron chi connectivity index (χ0n) is 11.0. The van der Waals surface area contributed by atoms with Crippen molar-refractivity contribution in [2.24, 2.45) is 0 Å². The molecule has 1 aliphatic rings. The van der Waals surface area contributed by atoms with Crippen molar-refractivity contribution in [3.05, 3.63) is 28.8 Å². The normalized spacial score (nSPS) is 15.2. The summed E-state index contributed by atoms with van der Waals surface area (Å²) in [5, 5.41) is 9.21. The molecule has 1 saturated heterocycles. The van der Waals surface area contributed by atoms with Crippen LogP contribution in [0.2, 0.25) is 5.02 Å². The van der Waals surface area contributed by atoms with E-state index in [9.17, 15) is 9.59 Å². The Hall–Kier alpha value is -1.20. The first-order chi connectivity index (χ1) is 9.58. The Kier molecular flexibility index (Phi) is 5.31. The van der Waals surface area contributed by atoms with Gasteiger partial charge in [-0.05, 0) is 37.5 Å². The van der Waals surface area contributed by atoms with E-state index in [1.54, 1.807) is 12.1 Å². The summed E-state index contributed by atoms with van der Waals surface area (Å²) >= 11 is 7.16. The van der Waals surface area contributed by atoms with Crippen LogP contribution in [-0.2, 0) is 4.79 Å². The molecular formula is C14H16ClNO3S. The maximum atomic E-state index is 12.0. The van der Waals surface area contributed by atoms with Crippen LogP contribution in [0.25, 0.3) is 0 Å². The molecule has 1 N–H and O–H groups in total. The number of thioether (sulfide) groups is 1. The van der Waals surface area contributed by atoms with Gasteiger partial charge in [0, 0.05) is 18.0 Å². The fourth-order valence-corrected chi connectivity index (χ4v) is 3.17. The summed E-state index contributed by atoms with van der Waals surface area (Å²) in [7, 11) is 0. The molecule has 0 aliphatic carbocycles. The quantitative estimate of drug-likeness (QED) is 0.868. The minimum atomic E-state index is -1.06. The van der Waals surface area contributed by atoms with Crippen LogP contribution in [0.15, 0.2) is 23.1 Å². The molecule has 0 bridgehead atoms. The fourth-order valence-electron chi connectivity index (χ4n) is 2.14. The Labute approximate surface area is 127 Å². The van der Waals surface area contributed by atoms with Gasteiger partial charge in [-0.1, -0.05) is 11.6 Å². The Morgan fingerprint density at radius 3 is 2.60 bits per heavy atom. The zero-order valence-corrected chi connectivity index (χ0v) is 12.5. The van der Waals surface area contributed by atoms with Crippen molar-refractivity contribution in [2.45, 2.75) is 24.2 Å². The van der Waals surface area contributed by atoms with Gasteiger partial charge in [-0.2, -0.15) is 0 Å². The van der Waals surface area contributed by atoms with Crippen LogP contribution in [0, 0.1) is 0 Å². The number of hydrogen-bond acceptors (Lipinski definition) is 3. The first-order valence-electron chi connectivity index (χ1n) is 6.51.